The molecule has 0 bridgehead atoms. The number of benzene rings is 1. The molecule has 86 valence electrons. The van der Waals surface area contributed by atoms with E-state index < -0.39 is 12.0 Å². The summed E-state index contributed by atoms with van der Waals surface area (Å²) in [7, 11) is 0. The maximum Gasteiger partial charge on any atom is 0.327 e. The third-order valence-electron chi connectivity index (χ3n) is 1.84. The van der Waals surface area contributed by atoms with Crippen LogP contribution in [-0.2, 0) is 9.59 Å². The van der Waals surface area contributed by atoms with Crippen molar-refractivity contribution in [3.8, 4) is 0 Å². The topological polar surface area (TPSA) is 66.4 Å². The summed E-state index contributed by atoms with van der Waals surface area (Å²) in [5.74, 6) is -1.03. The molecule has 0 heterocycles. The van der Waals surface area contributed by atoms with Gasteiger partial charge in [-0.25, -0.2) is 4.79 Å². The van der Waals surface area contributed by atoms with Crippen molar-refractivity contribution in [2.75, 3.05) is 5.75 Å². The summed E-state index contributed by atoms with van der Waals surface area (Å²) in [4.78, 5) is 22.6. The monoisotopic (exact) mass is 239 g/mol. The molecule has 1 atom stereocenters. The molecule has 1 aromatic carbocycles. The maximum atomic E-state index is 10.8. The lowest BCUT2D eigenvalue weighted by molar-refractivity contribution is -0.140. The lowest BCUT2D eigenvalue weighted by Crippen LogP contribution is -2.41. The number of carbonyl (C=O) groups excluding carboxylic acids is 1. The third-order valence-corrected chi connectivity index (χ3v) is 2.94. The Balaban J connectivity index is 2.50. The Labute approximate surface area is 98.0 Å². The predicted octanol–water partition coefficient (Wildman–Crippen LogP) is 1.37. The van der Waals surface area contributed by atoms with Gasteiger partial charge in [-0.2, -0.15) is 0 Å². The van der Waals surface area contributed by atoms with Crippen molar-refractivity contribution in [3.63, 3.8) is 0 Å². The maximum absolute atomic E-state index is 10.8. The van der Waals surface area contributed by atoms with E-state index in [0.29, 0.717) is 5.75 Å². The third kappa shape index (κ3) is 4.35. The van der Waals surface area contributed by atoms with E-state index in [1.54, 1.807) is 0 Å². The molecule has 0 saturated heterocycles. The largest absolute Gasteiger partial charge is 0.480 e. The molecular weight excluding hydrogens is 226 g/mol. The Bertz CT molecular complexity index is 367. The molecule has 0 unspecified atom stereocenters. The molecule has 2 N–H and O–H groups in total. The zero-order valence-electron chi connectivity index (χ0n) is 8.84. The second kappa shape index (κ2) is 6.17. The molecule has 0 saturated carbocycles. The van der Waals surface area contributed by atoms with E-state index >= 15 is 0 Å². The summed E-state index contributed by atoms with van der Waals surface area (Å²) in [6.45, 7) is 1.31. The zero-order chi connectivity index (χ0) is 12.0. The molecular formula is C11H13NO3S. The van der Waals surface area contributed by atoms with Crippen LogP contribution in [0.15, 0.2) is 35.2 Å². The van der Waals surface area contributed by atoms with Crippen LogP contribution in [0.2, 0.25) is 0 Å². The summed E-state index contributed by atoms with van der Waals surface area (Å²) >= 11 is 1.40. The Morgan fingerprint density at radius 2 is 2.00 bits per heavy atom. The zero-order valence-corrected chi connectivity index (χ0v) is 9.66. The molecule has 16 heavy (non-hydrogen) atoms. The first-order valence-corrected chi connectivity index (χ1v) is 5.76. The minimum absolute atomic E-state index is 0.318. The van der Waals surface area contributed by atoms with Crippen molar-refractivity contribution < 1.29 is 14.7 Å². The molecule has 0 aliphatic carbocycles. The Hall–Kier alpha value is -1.49. The molecule has 0 radical (unpaired) electrons. The van der Waals surface area contributed by atoms with Crippen LogP contribution in [0, 0.1) is 0 Å². The van der Waals surface area contributed by atoms with Gasteiger partial charge in [0.2, 0.25) is 5.91 Å². The van der Waals surface area contributed by atoms with Crippen molar-refractivity contribution in [3.05, 3.63) is 30.3 Å². The van der Waals surface area contributed by atoms with Crippen LogP contribution < -0.4 is 5.32 Å². The molecule has 4 nitrogen and oxygen atoms in total. The lowest BCUT2D eigenvalue weighted by Gasteiger charge is -2.12. The van der Waals surface area contributed by atoms with Crippen molar-refractivity contribution in [1.29, 1.82) is 0 Å². The van der Waals surface area contributed by atoms with E-state index in [0.717, 1.165) is 4.90 Å². The number of amides is 1. The molecule has 0 aliphatic rings. The van der Waals surface area contributed by atoms with Crippen LogP contribution in [0.4, 0.5) is 0 Å². The fourth-order valence-electron chi connectivity index (χ4n) is 1.12. The van der Waals surface area contributed by atoms with Gasteiger partial charge in [0.25, 0.3) is 0 Å². The standard InChI is InChI=1S/C11H13NO3S/c1-8(13)12-10(11(14)15)7-16-9-5-3-2-4-6-9/h2-6,10H,7H2,1H3,(H,12,13)(H,14,15)/t10-/m1/s1. The van der Waals surface area contributed by atoms with Gasteiger partial charge < -0.3 is 10.4 Å². The molecule has 1 aromatic rings. The van der Waals surface area contributed by atoms with Crippen LogP contribution in [0.1, 0.15) is 6.92 Å². The second-order valence-electron chi connectivity index (χ2n) is 3.22. The van der Waals surface area contributed by atoms with E-state index in [-0.39, 0.29) is 5.91 Å². The highest BCUT2D eigenvalue weighted by molar-refractivity contribution is 7.99. The average Bonchev–Trinajstić information content (AvgIpc) is 2.25. The predicted molar refractivity (Wildman–Crippen MR) is 62.4 cm³/mol. The molecule has 1 rings (SSSR count). The van der Waals surface area contributed by atoms with Crippen LogP contribution in [0.25, 0.3) is 0 Å². The van der Waals surface area contributed by atoms with E-state index in [1.165, 1.54) is 18.7 Å². The summed E-state index contributed by atoms with van der Waals surface area (Å²) < 4.78 is 0. The number of nitrogens with one attached hydrogen (secondary N) is 1. The fraction of sp³-hybridized carbons (Fsp3) is 0.273. The van der Waals surface area contributed by atoms with Gasteiger partial charge in [0.15, 0.2) is 0 Å². The average molecular weight is 239 g/mol. The van der Waals surface area contributed by atoms with Crippen molar-refractivity contribution in [2.24, 2.45) is 0 Å². The van der Waals surface area contributed by atoms with Gasteiger partial charge in [-0.05, 0) is 12.1 Å². The van der Waals surface area contributed by atoms with Crippen LogP contribution in [-0.4, -0.2) is 28.8 Å². The van der Waals surface area contributed by atoms with E-state index in [9.17, 15) is 9.59 Å². The molecule has 0 spiro atoms. The Kier molecular flexibility index (Phi) is 4.85. The minimum atomic E-state index is -1.02. The van der Waals surface area contributed by atoms with Crippen LogP contribution in [0.5, 0.6) is 0 Å². The van der Waals surface area contributed by atoms with Gasteiger partial charge in [-0.3, -0.25) is 4.79 Å². The SMILES string of the molecule is CC(=O)N[C@H](CSc1ccccc1)C(=O)O. The van der Waals surface area contributed by atoms with Gasteiger partial charge >= 0.3 is 5.97 Å². The summed E-state index contributed by atoms with van der Waals surface area (Å²) in [6, 6.07) is 8.62. The van der Waals surface area contributed by atoms with Gasteiger partial charge in [0.05, 0.1) is 0 Å². The number of carbonyl (C=O) groups is 2. The first-order chi connectivity index (χ1) is 7.59. The number of thioether (sulfide) groups is 1. The van der Waals surface area contributed by atoms with E-state index in [1.807, 2.05) is 30.3 Å². The number of rotatable bonds is 5. The minimum Gasteiger partial charge on any atom is -0.480 e. The molecule has 0 fully saturated rings. The fourth-order valence-corrected chi connectivity index (χ4v) is 2.05. The van der Waals surface area contributed by atoms with Gasteiger partial charge in [-0.1, -0.05) is 18.2 Å². The van der Waals surface area contributed by atoms with E-state index in [2.05, 4.69) is 5.32 Å². The first kappa shape index (κ1) is 12.6. The molecule has 0 aromatic heterocycles. The Morgan fingerprint density at radius 3 is 2.50 bits per heavy atom. The highest BCUT2D eigenvalue weighted by atomic mass is 32.2. The van der Waals surface area contributed by atoms with E-state index in [4.69, 9.17) is 5.11 Å². The smallest absolute Gasteiger partial charge is 0.327 e. The van der Waals surface area contributed by atoms with Gasteiger partial charge in [-0.15, -0.1) is 11.8 Å². The highest BCUT2D eigenvalue weighted by Crippen LogP contribution is 2.17. The van der Waals surface area contributed by atoms with Crippen molar-refractivity contribution in [2.45, 2.75) is 17.9 Å². The summed E-state index contributed by atoms with van der Waals surface area (Å²) in [5, 5.41) is 11.3. The normalized spacial score (nSPS) is 11.8. The number of aliphatic carboxylic acids is 1. The van der Waals surface area contributed by atoms with Crippen molar-refractivity contribution >= 4 is 23.6 Å². The highest BCUT2D eigenvalue weighted by Gasteiger charge is 2.18. The quantitative estimate of drug-likeness (QED) is 0.762. The lowest BCUT2D eigenvalue weighted by atomic mass is 10.3. The number of hydrogen-bond acceptors (Lipinski definition) is 3. The Morgan fingerprint density at radius 1 is 1.38 bits per heavy atom. The van der Waals surface area contributed by atoms with Crippen LogP contribution >= 0.6 is 11.8 Å². The summed E-state index contributed by atoms with van der Waals surface area (Å²) in [6.07, 6.45) is 0. The van der Waals surface area contributed by atoms with Crippen molar-refractivity contribution in [1.82, 2.24) is 5.32 Å². The molecule has 5 heteroatoms. The first-order valence-electron chi connectivity index (χ1n) is 4.77. The summed E-state index contributed by atoms with van der Waals surface area (Å²) in [5.41, 5.74) is 0. The molecule has 1 amide bonds. The number of carboxylic acids is 1. The number of carboxylic acid groups (broad SMARTS) is 1. The van der Waals surface area contributed by atoms with Gasteiger partial charge in [0.1, 0.15) is 6.04 Å². The molecule has 0 aliphatic heterocycles. The second-order valence-corrected chi connectivity index (χ2v) is 4.31. The van der Waals surface area contributed by atoms with Gasteiger partial charge in [0, 0.05) is 17.6 Å². The van der Waals surface area contributed by atoms with Crippen LogP contribution in [0.3, 0.4) is 0 Å². The number of hydrogen-bond donors (Lipinski definition) is 2.